The van der Waals surface area contributed by atoms with Crippen molar-refractivity contribution in [3.63, 3.8) is 0 Å². The number of nitrogens with one attached hydrogen (secondary N) is 1. The van der Waals surface area contributed by atoms with E-state index in [4.69, 9.17) is 9.26 Å². The van der Waals surface area contributed by atoms with Crippen LogP contribution in [0.3, 0.4) is 0 Å². The summed E-state index contributed by atoms with van der Waals surface area (Å²) in [5.41, 5.74) is 1.16. The number of rotatable bonds is 5. The van der Waals surface area contributed by atoms with Crippen LogP contribution in [0.15, 0.2) is 28.8 Å². The van der Waals surface area contributed by atoms with Crippen molar-refractivity contribution < 1.29 is 9.26 Å². The number of nitrogens with zero attached hydrogens (tertiary/aromatic N) is 2. The van der Waals surface area contributed by atoms with E-state index in [1.807, 2.05) is 24.3 Å². The van der Waals surface area contributed by atoms with Crippen molar-refractivity contribution in [2.75, 3.05) is 20.2 Å². The third-order valence-electron chi connectivity index (χ3n) is 3.95. The third kappa shape index (κ3) is 4.45. The number of methoxy groups -OCH3 is 1. The van der Waals surface area contributed by atoms with Crippen molar-refractivity contribution in [1.29, 1.82) is 0 Å². The number of aromatic nitrogens is 2. The van der Waals surface area contributed by atoms with Crippen LogP contribution < -0.4 is 10.1 Å². The maximum atomic E-state index is 5.38. The van der Waals surface area contributed by atoms with Gasteiger partial charge in [0.2, 0.25) is 5.89 Å². The highest BCUT2D eigenvalue weighted by molar-refractivity contribution is 5.85. The summed E-state index contributed by atoms with van der Waals surface area (Å²) in [6.45, 7) is 2.19. The number of ether oxygens (including phenoxy) is 1. The molecule has 0 spiro atoms. The number of hydrogen-bond acceptors (Lipinski definition) is 5. The molecule has 0 saturated carbocycles. The maximum absolute atomic E-state index is 5.38. The van der Waals surface area contributed by atoms with Crippen LogP contribution in [-0.4, -0.2) is 30.3 Å². The SMILES string of the molecule is COc1ccc(Cc2noc(CC3CCNCC3)n2)cc1.Cl. The molecule has 0 bridgehead atoms. The van der Waals surface area contributed by atoms with E-state index in [1.54, 1.807) is 7.11 Å². The summed E-state index contributed by atoms with van der Waals surface area (Å²) in [5, 5.41) is 7.46. The van der Waals surface area contributed by atoms with Crippen LogP contribution in [0.2, 0.25) is 0 Å². The summed E-state index contributed by atoms with van der Waals surface area (Å²) in [4.78, 5) is 4.51. The van der Waals surface area contributed by atoms with Crippen LogP contribution in [0, 0.1) is 5.92 Å². The molecule has 0 amide bonds. The van der Waals surface area contributed by atoms with E-state index < -0.39 is 0 Å². The quantitative estimate of drug-likeness (QED) is 0.916. The molecule has 1 aromatic carbocycles. The average Bonchev–Trinajstić information content (AvgIpc) is 2.96. The molecule has 120 valence electrons. The van der Waals surface area contributed by atoms with Crippen LogP contribution in [0.5, 0.6) is 5.75 Å². The number of piperidine rings is 1. The van der Waals surface area contributed by atoms with E-state index >= 15 is 0 Å². The Kier molecular flexibility index (Phi) is 6.21. The van der Waals surface area contributed by atoms with E-state index in [0.29, 0.717) is 12.3 Å². The lowest BCUT2D eigenvalue weighted by Gasteiger charge is -2.20. The van der Waals surface area contributed by atoms with E-state index in [9.17, 15) is 0 Å². The fourth-order valence-electron chi connectivity index (χ4n) is 2.70. The lowest BCUT2D eigenvalue weighted by atomic mass is 9.95. The van der Waals surface area contributed by atoms with Crippen molar-refractivity contribution in [2.24, 2.45) is 5.92 Å². The second-order valence-electron chi connectivity index (χ2n) is 5.53. The summed E-state index contributed by atoms with van der Waals surface area (Å²) in [5.74, 6) is 3.05. The molecule has 3 rings (SSSR count). The standard InChI is InChI=1S/C16H21N3O2.ClH/c1-20-14-4-2-12(3-5-14)10-15-18-16(21-19-15)11-13-6-8-17-9-7-13;/h2-5,13,17H,6-11H2,1H3;1H. The van der Waals surface area contributed by atoms with Crippen molar-refractivity contribution in [2.45, 2.75) is 25.7 Å². The van der Waals surface area contributed by atoms with Gasteiger partial charge in [-0.1, -0.05) is 17.3 Å². The molecule has 6 heteroatoms. The highest BCUT2D eigenvalue weighted by atomic mass is 35.5. The first kappa shape index (κ1) is 16.8. The van der Waals surface area contributed by atoms with Gasteiger partial charge >= 0.3 is 0 Å². The van der Waals surface area contributed by atoms with Gasteiger partial charge in [-0.15, -0.1) is 12.4 Å². The first-order valence-corrected chi connectivity index (χ1v) is 7.48. The number of benzene rings is 1. The molecule has 5 nitrogen and oxygen atoms in total. The van der Waals surface area contributed by atoms with Crippen LogP contribution in [0.25, 0.3) is 0 Å². The fraction of sp³-hybridized carbons (Fsp3) is 0.500. The smallest absolute Gasteiger partial charge is 0.226 e. The third-order valence-corrected chi connectivity index (χ3v) is 3.95. The van der Waals surface area contributed by atoms with Crippen LogP contribution in [0.4, 0.5) is 0 Å². The molecule has 0 aliphatic carbocycles. The maximum Gasteiger partial charge on any atom is 0.226 e. The molecule has 1 aromatic heterocycles. The first-order chi connectivity index (χ1) is 10.3. The normalized spacial score (nSPS) is 15.3. The van der Waals surface area contributed by atoms with Crippen LogP contribution >= 0.6 is 12.4 Å². The van der Waals surface area contributed by atoms with E-state index in [2.05, 4.69) is 15.5 Å². The molecular weight excluding hydrogens is 302 g/mol. The van der Waals surface area contributed by atoms with Crippen molar-refractivity contribution in [3.05, 3.63) is 41.5 Å². The summed E-state index contributed by atoms with van der Waals surface area (Å²) in [6, 6.07) is 7.96. The largest absolute Gasteiger partial charge is 0.497 e. The van der Waals surface area contributed by atoms with Gasteiger partial charge in [-0.2, -0.15) is 4.98 Å². The molecule has 22 heavy (non-hydrogen) atoms. The Morgan fingerprint density at radius 1 is 1.23 bits per heavy atom. The fourth-order valence-corrected chi connectivity index (χ4v) is 2.70. The molecule has 1 N–H and O–H groups in total. The monoisotopic (exact) mass is 323 g/mol. The Hall–Kier alpha value is -1.59. The highest BCUT2D eigenvalue weighted by Gasteiger charge is 2.17. The molecule has 0 atom stereocenters. The Morgan fingerprint density at radius 2 is 1.95 bits per heavy atom. The van der Waals surface area contributed by atoms with Gasteiger partial charge in [-0.3, -0.25) is 0 Å². The van der Waals surface area contributed by atoms with Gasteiger partial charge < -0.3 is 14.6 Å². The second kappa shape index (κ2) is 8.15. The van der Waals surface area contributed by atoms with Gasteiger partial charge in [0.15, 0.2) is 5.82 Å². The minimum atomic E-state index is 0. The molecule has 1 aliphatic rings. The van der Waals surface area contributed by atoms with Crippen molar-refractivity contribution in [1.82, 2.24) is 15.5 Å². The zero-order valence-corrected chi connectivity index (χ0v) is 13.6. The molecule has 1 aliphatic heterocycles. The van der Waals surface area contributed by atoms with Crippen molar-refractivity contribution >= 4 is 12.4 Å². The van der Waals surface area contributed by atoms with Gasteiger partial charge in [0.25, 0.3) is 0 Å². The van der Waals surface area contributed by atoms with Gasteiger partial charge in [0, 0.05) is 12.8 Å². The van der Waals surface area contributed by atoms with Gasteiger partial charge in [-0.05, 0) is 49.5 Å². The Bertz CT molecular complexity index is 565. The summed E-state index contributed by atoms with van der Waals surface area (Å²) in [7, 11) is 1.67. The van der Waals surface area contributed by atoms with E-state index in [-0.39, 0.29) is 12.4 Å². The zero-order valence-electron chi connectivity index (χ0n) is 12.7. The van der Waals surface area contributed by atoms with Crippen LogP contribution in [-0.2, 0) is 12.8 Å². The van der Waals surface area contributed by atoms with Gasteiger partial charge in [-0.25, -0.2) is 0 Å². The molecular formula is C16H22ClN3O2. The minimum absolute atomic E-state index is 0. The van der Waals surface area contributed by atoms with E-state index in [1.165, 1.54) is 12.8 Å². The zero-order chi connectivity index (χ0) is 14.5. The lowest BCUT2D eigenvalue weighted by molar-refractivity contribution is 0.312. The van der Waals surface area contributed by atoms with Gasteiger partial charge in [0.05, 0.1) is 7.11 Å². The summed E-state index contributed by atoms with van der Waals surface area (Å²) in [6.07, 6.45) is 3.98. The molecule has 0 unspecified atom stereocenters. The highest BCUT2D eigenvalue weighted by Crippen LogP contribution is 2.18. The molecule has 0 radical (unpaired) electrons. The Balaban J connectivity index is 0.00000176. The van der Waals surface area contributed by atoms with E-state index in [0.717, 1.165) is 42.5 Å². The first-order valence-electron chi connectivity index (χ1n) is 7.48. The topological polar surface area (TPSA) is 60.2 Å². The number of hydrogen-bond donors (Lipinski definition) is 1. The predicted molar refractivity (Wildman–Crippen MR) is 86.6 cm³/mol. The summed E-state index contributed by atoms with van der Waals surface area (Å²) >= 11 is 0. The Morgan fingerprint density at radius 3 is 2.64 bits per heavy atom. The average molecular weight is 324 g/mol. The molecule has 2 heterocycles. The van der Waals surface area contributed by atoms with Crippen LogP contribution in [0.1, 0.15) is 30.1 Å². The predicted octanol–water partition coefficient (Wildman–Crippen LogP) is 2.63. The number of halogens is 1. The Labute approximate surface area is 136 Å². The minimum Gasteiger partial charge on any atom is -0.497 e. The lowest BCUT2D eigenvalue weighted by Crippen LogP contribution is -2.28. The second-order valence-corrected chi connectivity index (χ2v) is 5.53. The van der Waals surface area contributed by atoms with Gasteiger partial charge in [0.1, 0.15) is 5.75 Å². The molecule has 2 aromatic rings. The molecule has 1 saturated heterocycles. The molecule has 1 fully saturated rings. The van der Waals surface area contributed by atoms with Crippen molar-refractivity contribution in [3.8, 4) is 5.75 Å². The summed E-state index contributed by atoms with van der Waals surface area (Å²) < 4.78 is 10.5.